The molecule has 1 unspecified atom stereocenters. The van der Waals surface area contributed by atoms with E-state index in [0.29, 0.717) is 5.92 Å². The summed E-state index contributed by atoms with van der Waals surface area (Å²) in [5.74, 6) is 2.10. The molecule has 2 rings (SSSR count). The fourth-order valence-corrected chi connectivity index (χ4v) is 1.55. The maximum atomic E-state index is 5.82. The monoisotopic (exact) mass is 195 g/mol. The van der Waals surface area contributed by atoms with Crippen molar-refractivity contribution >= 4 is 0 Å². The quantitative estimate of drug-likeness (QED) is 0.792. The van der Waals surface area contributed by atoms with E-state index in [1.807, 2.05) is 0 Å². The second-order valence-corrected chi connectivity index (χ2v) is 4.05. The first-order valence-corrected chi connectivity index (χ1v) is 5.37. The minimum atomic E-state index is 0.154. The van der Waals surface area contributed by atoms with Crippen molar-refractivity contribution in [3.8, 4) is 0 Å². The Morgan fingerprint density at radius 3 is 2.93 bits per heavy atom. The molecule has 1 aromatic heterocycles. The van der Waals surface area contributed by atoms with E-state index >= 15 is 0 Å². The molecule has 1 heterocycles. The van der Waals surface area contributed by atoms with Gasteiger partial charge in [-0.3, -0.25) is 0 Å². The van der Waals surface area contributed by atoms with Crippen LogP contribution in [0.15, 0.2) is 4.52 Å². The molecule has 1 aliphatic rings. The van der Waals surface area contributed by atoms with Crippen molar-refractivity contribution in [2.24, 2.45) is 5.73 Å². The zero-order valence-corrected chi connectivity index (χ0v) is 8.57. The Hall–Kier alpha value is -0.900. The molecule has 0 aromatic carbocycles. The predicted molar refractivity (Wildman–Crippen MR) is 52.9 cm³/mol. The van der Waals surface area contributed by atoms with E-state index in [2.05, 4.69) is 17.1 Å². The van der Waals surface area contributed by atoms with Crippen LogP contribution in [0.25, 0.3) is 0 Å². The number of hydrogen-bond acceptors (Lipinski definition) is 4. The van der Waals surface area contributed by atoms with E-state index in [-0.39, 0.29) is 6.04 Å². The van der Waals surface area contributed by atoms with E-state index in [1.165, 1.54) is 19.3 Å². The second kappa shape index (κ2) is 4.09. The molecule has 1 aromatic rings. The van der Waals surface area contributed by atoms with Crippen molar-refractivity contribution < 1.29 is 4.52 Å². The maximum absolute atomic E-state index is 5.82. The molecule has 0 amide bonds. The van der Waals surface area contributed by atoms with E-state index in [9.17, 15) is 0 Å². The fourth-order valence-electron chi connectivity index (χ4n) is 1.55. The lowest BCUT2D eigenvalue weighted by Gasteiger charge is -2.20. The largest absolute Gasteiger partial charge is 0.339 e. The molecule has 78 valence electrons. The summed E-state index contributed by atoms with van der Waals surface area (Å²) < 4.78 is 5.20. The predicted octanol–water partition coefficient (Wildman–Crippen LogP) is 1.62. The Morgan fingerprint density at radius 2 is 2.36 bits per heavy atom. The first-order chi connectivity index (χ1) is 6.79. The van der Waals surface area contributed by atoms with Crippen LogP contribution >= 0.6 is 0 Å². The highest BCUT2D eigenvalue weighted by Crippen LogP contribution is 2.35. The Balaban J connectivity index is 1.95. The average Bonchev–Trinajstić information content (AvgIpc) is 2.50. The van der Waals surface area contributed by atoms with Crippen molar-refractivity contribution in [1.82, 2.24) is 10.1 Å². The van der Waals surface area contributed by atoms with Gasteiger partial charge in [-0.15, -0.1) is 0 Å². The molecule has 4 nitrogen and oxygen atoms in total. The molecule has 4 heteroatoms. The lowest BCUT2D eigenvalue weighted by Crippen LogP contribution is -2.22. The lowest BCUT2D eigenvalue weighted by molar-refractivity contribution is 0.291. The molecule has 14 heavy (non-hydrogen) atoms. The fraction of sp³-hybridized carbons (Fsp3) is 0.800. The molecule has 2 N–H and O–H groups in total. The van der Waals surface area contributed by atoms with Crippen LogP contribution in [-0.2, 0) is 6.42 Å². The molecular weight excluding hydrogens is 178 g/mol. The summed E-state index contributed by atoms with van der Waals surface area (Å²) in [7, 11) is 0. The molecule has 0 bridgehead atoms. The van der Waals surface area contributed by atoms with E-state index in [1.54, 1.807) is 0 Å². The summed E-state index contributed by atoms with van der Waals surface area (Å²) in [5.41, 5.74) is 5.82. The minimum absolute atomic E-state index is 0.154. The molecule has 1 atom stereocenters. The normalized spacial score (nSPS) is 19.3. The van der Waals surface area contributed by atoms with Gasteiger partial charge in [0.25, 0.3) is 0 Å². The van der Waals surface area contributed by atoms with Crippen molar-refractivity contribution in [1.29, 1.82) is 0 Å². The standard InChI is InChI=1S/C10H17N3O/c1-2-8(11)6-9-12-10(14-13-9)7-4-3-5-7/h7-8H,2-6,11H2,1H3. The van der Waals surface area contributed by atoms with Gasteiger partial charge < -0.3 is 10.3 Å². The highest BCUT2D eigenvalue weighted by atomic mass is 16.5. The number of aromatic nitrogens is 2. The highest BCUT2D eigenvalue weighted by molar-refractivity contribution is 4.99. The summed E-state index contributed by atoms with van der Waals surface area (Å²) >= 11 is 0. The van der Waals surface area contributed by atoms with Crippen molar-refractivity contribution in [2.45, 2.75) is 51.0 Å². The topological polar surface area (TPSA) is 64.9 Å². The molecule has 1 saturated carbocycles. The van der Waals surface area contributed by atoms with Gasteiger partial charge in [-0.05, 0) is 19.3 Å². The number of rotatable bonds is 4. The Kier molecular flexibility index (Phi) is 2.82. The van der Waals surface area contributed by atoms with Gasteiger partial charge in [-0.1, -0.05) is 18.5 Å². The zero-order chi connectivity index (χ0) is 9.97. The third kappa shape index (κ3) is 1.95. The van der Waals surface area contributed by atoms with Crippen LogP contribution in [0.2, 0.25) is 0 Å². The van der Waals surface area contributed by atoms with Crippen LogP contribution in [0.5, 0.6) is 0 Å². The lowest BCUT2D eigenvalue weighted by atomic mass is 9.85. The Morgan fingerprint density at radius 1 is 1.57 bits per heavy atom. The van der Waals surface area contributed by atoms with Gasteiger partial charge in [0.2, 0.25) is 5.89 Å². The summed E-state index contributed by atoms with van der Waals surface area (Å²) in [6.45, 7) is 2.07. The third-order valence-corrected chi connectivity index (χ3v) is 2.91. The van der Waals surface area contributed by atoms with E-state index in [4.69, 9.17) is 10.3 Å². The minimum Gasteiger partial charge on any atom is -0.339 e. The number of nitrogens with zero attached hydrogens (tertiary/aromatic N) is 2. The van der Waals surface area contributed by atoms with Crippen molar-refractivity contribution in [2.75, 3.05) is 0 Å². The Labute approximate surface area is 83.9 Å². The molecule has 0 spiro atoms. The number of nitrogens with two attached hydrogens (primary N) is 1. The molecule has 1 aliphatic carbocycles. The van der Waals surface area contributed by atoms with E-state index in [0.717, 1.165) is 24.6 Å². The van der Waals surface area contributed by atoms with E-state index < -0.39 is 0 Å². The summed E-state index contributed by atoms with van der Waals surface area (Å²) in [6.07, 6.45) is 5.36. The van der Waals surface area contributed by atoms with Gasteiger partial charge in [0.1, 0.15) is 0 Å². The molecule has 0 saturated heterocycles. The van der Waals surface area contributed by atoms with Gasteiger partial charge in [0.05, 0.1) is 0 Å². The number of hydrogen-bond donors (Lipinski definition) is 1. The first-order valence-electron chi connectivity index (χ1n) is 5.37. The van der Waals surface area contributed by atoms with Gasteiger partial charge in [0, 0.05) is 18.4 Å². The summed E-state index contributed by atoms with van der Waals surface area (Å²) in [5, 5.41) is 3.94. The zero-order valence-electron chi connectivity index (χ0n) is 8.57. The van der Waals surface area contributed by atoms with Crippen molar-refractivity contribution in [3.05, 3.63) is 11.7 Å². The van der Waals surface area contributed by atoms with Crippen LogP contribution in [-0.4, -0.2) is 16.2 Å². The van der Waals surface area contributed by atoms with Crippen LogP contribution in [0.1, 0.15) is 50.2 Å². The van der Waals surface area contributed by atoms with Crippen LogP contribution in [0.4, 0.5) is 0 Å². The molecule has 0 aliphatic heterocycles. The van der Waals surface area contributed by atoms with Crippen molar-refractivity contribution in [3.63, 3.8) is 0 Å². The molecule has 1 fully saturated rings. The van der Waals surface area contributed by atoms with Gasteiger partial charge in [0.15, 0.2) is 5.82 Å². The maximum Gasteiger partial charge on any atom is 0.229 e. The second-order valence-electron chi connectivity index (χ2n) is 4.05. The summed E-state index contributed by atoms with van der Waals surface area (Å²) in [6, 6.07) is 0.154. The smallest absolute Gasteiger partial charge is 0.229 e. The Bertz CT molecular complexity index is 293. The SMILES string of the molecule is CCC(N)Cc1noc(C2CCC2)n1. The van der Waals surface area contributed by atoms with Crippen LogP contribution in [0, 0.1) is 0 Å². The average molecular weight is 195 g/mol. The summed E-state index contributed by atoms with van der Waals surface area (Å²) in [4.78, 5) is 4.36. The third-order valence-electron chi connectivity index (χ3n) is 2.91. The highest BCUT2D eigenvalue weighted by Gasteiger charge is 2.25. The first kappa shape index (κ1) is 9.65. The van der Waals surface area contributed by atoms with Crippen LogP contribution in [0.3, 0.4) is 0 Å². The van der Waals surface area contributed by atoms with Crippen LogP contribution < -0.4 is 5.73 Å². The van der Waals surface area contributed by atoms with Gasteiger partial charge in [-0.25, -0.2) is 0 Å². The molecule has 0 radical (unpaired) electrons. The van der Waals surface area contributed by atoms with Gasteiger partial charge in [-0.2, -0.15) is 4.98 Å². The molecular formula is C10H17N3O. The van der Waals surface area contributed by atoms with Gasteiger partial charge >= 0.3 is 0 Å².